The molecule has 1 aliphatic carbocycles. The molecule has 0 bridgehead atoms. The van der Waals surface area contributed by atoms with Crippen LogP contribution in [0.3, 0.4) is 0 Å². The van der Waals surface area contributed by atoms with Crippen molar-refractivity contribution in [3.63, 3.8) is 0 Å². The number of ether oxygens (including phenoxy) is 5. The van der Waals surface area contributed by atoms with Crippen LogP contribution >= 0.6 is 0 Å². The van der Waals surface area contributed by atoms with Gasteiger partial charge in [-0.15, -0.1) is 0 Å². The van der Waals surface area contributed by atoms with Gasteiger partial charge in [-0.2, -0.15) is 24.4 Å². The van der Waals surface area contributed by atoms with Crippen molar-refractivity contribution in [2.24, 2.45) is 0 Å². The fourth-order valence-corrected chi connectivity index (χ4v) is 8.49. The van der Waals surface area contributed by atoms with Crippen LogP contribution in [0.2, 0.25) is 0 Å². The lowest BCUT2D eigenvalue weighted by Crippen LogP contribution is -2.29. The molecule has 0 saturated heterocycles. The molecule has 0 N–H and O–H groups in total. The van der Waals surface area contributed by atoms with Crippen LogP contribution in [0.4, 0.5) is 0 Å². The van der Waals surface area contributed by atoms with Gasteiger partial charge in [-0.3, -0.25) is 0 Å². The van der Waals surface area contributed by atoms with Crippen LogP contribution in [0.15, 0.2) is 129 Å². The van der Waals surface area contributed by atoms with Crippen molar-refractivity contribution in [2.75, 3.05) is 52.9 Å². The van der Waals surface area contributed by atoms with E-state index in [0.29, 0.717) is 151 Å². The lowest BCUT2D eigenvalue weighted by atomic mass is 9.87. The van der Waals surface area contributed by atoms with Gasteiger partial charge in [0.2, 0.25) is 0 Å². The van der Waals surface area contributed by atoms with E-state index in [0.717, 1.165) is 74.5 Å². The minimum atomic E-state index is -0.509. The highest BCUT2D eigenvalue weighted by atomic mass is 17.5. The lowest BCUT2D eigenvalue weighted by molar-refractivity contribution is -0.495. The molecule has 3 rings (SSSR count). The zero-order valence-corrected chi connectivity index (χ0v) is 50.3. The second-order valence-corrected chi connectivity index (χ2v) is 19.4. The molecule has 0 aromatic heterocycles. The number of unbranched alkanes of at least 4 members (excludes halogenated alkanes) is 6. The minimum Gasteiger partial charge on any atom is -0.502 e. The highest BCUT2D eigenvalue weighted by Gasteiger charge is 2.26. The van der Waals surface area contributed by atoms with Gasteiger partial charge in [-0.05, 0) is 178 Å². The Labute approximate surface area is 502 Å². The van der Waals surface area contributed by atoms with Crippen molar-refractivity contribution in [2.45, 2.75) is 161 Å². The van der Waals surface area contributed by atoms with Gasteiger partial charge >= 0.3 is 11.9 Å². The molecule has 0 spiro atoms. The van der Waals surface area contributed by atoms with Crippen LogP contribution in [0.1, 0.15) is 157 Å². The van der Waals surface area contributed by atoms with Crippen molar-refractivity contribution in [1.82, 2.24) is 0 Å². The van der Waals surface area contributed by atoms with Gasteiger partial charge < -0.3 is 48.1 Å². The Morgan fingerprint density at radius 2 is 0.882 bits per heavy atom. The number of esters is 2. The number of aryl methyl sites for hydroxylation is 2. The molecular weight excluding hydrogens is 1100 g/mol. The Hall–Kier alpha value is -7.24. The van der Waals surface area contributed by atoms with Crippen molar-refractivity contribution in [3.8, 4) is 11.5 Å². The SMILES string of the molecule is C=C=C(C)OOCCCCOc1c(CCCCOOOC(C)=C=C)ccc(/C=C/C(=O)OC2CCC(OC(=O)/C=C/c3ccc(CCCCOOC=C)c(CCCCOOC=C)c3CCCCOOOC(C)=C=C)CC2)c1OCCCCOC=C. The summed E-state index contributed by atoms with van der Waals surface area (Å²) in [6, 6.07) is 8.06. The molecule has 0 heterocycles. The first kappa shape index (κ1) is 72.0. The molecular formula is C66H90O19. The molecule has 468 valence electrons. The van der Waals surface area contributed by atoms with Gasteiger partial charge in [0.05, 0.1) is 59.1 Å². The van der Waals surface area contributed by atoms with E-state index >= 15 is 0 Å². The van der Waals surface area contributed by atoms with Crippen LogP contribution in [-0.4, -0.2) is 77.0 Å². The summed E-state index contributed by atoms with van der Waals surface area (Å²) >= 11 is 0. The average molecular weight is 1190 g/mol. The summed E-state index contributed by atoms with van der Waals surface area (Å²) in [6.07, 6.45) is 23.5. The summed E-state index contributed by atoms with van der Waals surface area (Å²) in [5.41, 5.74) is 13.8. The molecule has 19 nitrogen and oxygen atoms in total. The Morgan fingerprint density at radius 1 is 0.459 bits per heavy atom. The van der Waals surface area contributed by atoms with Crippen molar-refractivity contribution < 1.29 is 92.2 Å². The van der Waals surface area contributed by atoms with E-state index in [2.05, 4.69) is 68.8 Å². The third kappa shape index (κ3) is 32.6. The van der Waals surface area contributed by atoms with Gasteiger partial charge in [0, 0.05) is 38.5 Å². The largest absolute Gasteiger partial charge is 0.502 e. The molecule has 85 heavy (non-hydrogen) atoms. The number of carbonyl (C=O) groups is 2. The van der Waals surface area contributed by atoms with E-state index in [4.69, 9.17) is 82.6 Å². The summed E-state index contributed by atoms with van der Waals surface area (Å²) < 4.78 is 30.2. The Bertz CT molecular complexity index is 2490. The van der Waals surface area contributed by atoms with Crippen LogP contribution in [0.25, 0.3) is 12.2 Å². The Kier molecular flexibility index (Phi) is 39.9. The maximum Gasteiger partial charge on any atom is 0.331 e. The van der Waals surface area contributed by atoms with Crippen molar-refractivity contribution in [3.05, 3.63) is 163 Å². The van der Waals surface area contributed by atoms with Crippen LogP contribution in [0.5, 0.6) is 11.5 Å². The predicted octanol–water partition coefficient (Wildman–Crippen LogP) is 14.5. The number of carbonyl (C=O) groups excluding carboxylic acids is 2. The topological polar surface area (TPSA) is 191 Å². The van der Waals surface area contributed by atoms with Crippen LogP contribution in [0, 0.1) is 0 Å². The molecule has 1 saturated carbocycles. The number of hydrogen-bond donors (Lipinski definition) is 0. The smallest absolute Gasteiger partial charge is 0.331 e. The molecule has 0 amide bonds. The second-order valence-electron chi connectivity index (χ2n) is 19.4. The Morgan fingerprint density at radius 3 is 1.42 bits per heavy atom. The molecule has 1 aliphatic rings. The third-order valence-corrected chi connectivity index (χ3v) is 12.9. The third-order valence-electron chi connectivity index (χ3n) is 12.9. The summed E-state index contributed by atoms with van der Waals surface area (Å²) in [6.45, 7) is 29.2. The van der Waals surface area contributed by atoms with E-state index in [1.54, 1.807) is 26.8 Å². The van der Waals surface area contributed by atoms with E-state index in [9.17, 15) is 9.59 Å². The van der Waals surface area contributed by atoms with E-state index in [-0.39, 0.29) is 18.8 Å². The molecule has 2 aromatic rings. The highest BCUT2D eigenvalue weighted by molar-refractivity contribution is 5.88. The summed E-state index contributed by atoms with van der Waals surface area (Å²) in [7, 11) is 0. The van der Waals surface area contributed by atoms with Crippen LogP contribution < -0.4 is 9.47 Å². The standard InChI is InChI=1S/C66H90O19/c1-10-52(7)81-76-49-27-26-46-70-65-57(29-17-21-50-77-84-82-53(8)11-2)34-35-58(66(65)71-45-25-24-44-69-13-4)37-43-64(68)80-60-40-38-59(39-41-60)79-63(67)42-36-56-33-32-55(28-16-20-47-74-72-14-5)61(30-18-22-48-75-73-15-6)62(56)31-19-23-51-78-85-83-54(9)12-3/h13-15,32-37,42-43,59-60H,1-6,16-31,38-41,44-51H2,7-9H3/b42-36+,43-37+. The number of allylic oxidation sites excluding steroid dienone is 3. The zero-order chi connectivity index (χ0) is 61.4. The van der Waals surface area contributed by atoms with Crippen molar-refractivity contribution in [1.29, 1.82) is 0 Å². The molecule has 19 heteroatoms. The molecule has 0 unspecified atom stereocenters. The highest BCUT2D eigenvalue weighted by Crippen LogP contribution is 2.38. The van der Waals surface area contributed by atoms with E-state index < -0.39 is 11.9 Å². The first-order valence-corrected chi connectivity index (χ1v) is 29.2. The van der Waals surface area contributed by atoms with Gasteiger partial charge in [-0.25, -0.2) is 9.59 Å². The quantitative estimate of drug-likeness (QED) is 0.0115. The summed E-state index contributed by atoms with van der Waals surface area (Å²) in [5, 5.41) is 9.60. The number of hydrogen-bond acceptors (Lipinski definition) is 19. The van der Waals surface area contributed by atoms with Gasteiger partial charge in [-0.1, -0.05) is 80.9 Å². The first-order valence-electron chi connectivity index (χ1n) is 29.2. The second kappa shape index (κ2) is 47.1. The fraction of sp³-hybridized carbons (Fsp3) is 0.500. The first-order chi connectivity index (χ1) is 41.6. The molecule has 0 aliphatic heterocycles. The normalized spacial score (nSPS) is 13.6. The number of benzene rings is 2. The summed E-state index contributed by atoms with van der Waals surface area (Å²) in [4.78, 5) is 77.7. The maximum absolute atomic E-state index is 13.5. The number of rotatable bonds is 51. The van der Waals surface area contributed by atoms with Gasteiger partial charge in [0.15, 0.2) is 28.8 Å². The Balaban J connectivity index is 1.74. The van der Waals surface area contributed by atoms with Crippen molar-refractivity contribution >= 4 is 24.1 Å². The summed E-state index contributed by atoms with van der Waals surface area (Å²) in [5.74, 6) is 1.26. The van der Waals surface area contributed by atoms with Gasteiger partial charge in [0.1, 0.15) is 24.7 Å². The molecule has 0 atom stereocenters. The predicted molar refractivity (Wildman–Crippen MR) is 319 cm³/mol. The molecule has 0 radical (unpaired) electrons. The fourth-order valence-electron chi connectivity index (χ4n) is 8.49. The van der Waals surface area contributed by atoms with Gasteiger partial charge in [0.25, 0.3) is 0 Å². The van der Waals surface area contributed by atoms with E-state index in [1.807, 2.05) is 18.2 Å². The lowest BCUT2D eigenvalue weighted by Gasteiger charge is -2.27. The minimum absolute atomic E-state index is 0.284. The van der Waals surface area contributed by atoms with Crippen LogP contribution in [-0.2, 0) is 108 Å². The maximum atomic E-state index is 13.5. The molecule has 1 fully saturated rings. The molecule has 2 aromatic carbocycles. The zero-order valence-electron chi connectivity index (χ0n) is 50.3. The van der Waals surface area contributed by atoms with E-state index in [1.165, 1.54) is 42.1 Å². The average Bonchev–Trinajstić information content (AvgIpc) is 3.20. The monoisotopic (exact) mass is 1190 g/mol.